The molecule has 0 spiro atoms. The molecular formula is C21H29N5O2. The molecule has 1 aliphatic heterocycles. The van der Waals surface area contributed by atoms with Gasteiger partial charge >= 0.3 is 0 Å². The molecule has 0 aliphatic carbocycles. The molecule has 0 saturated carbocycles. The van der Waals surface area contributed by atoms with E-state index >= 15 is 0 Å². The lowest BCUT2D eigenvalue weighted by Gasteiger charge is -2.36. The Hall–Kier alpha value is -2.83. The van der Waals surface area contributed by atoms with E-state index in [2.05, 4.69) is 44.1 Å². The number of hydrogen-bond acceptors (Lipinski definition) is 6. The molecule has 1 N–H and O–H groups in total. The standard InChI is InChI=1S/C21H29N5O2/c1-4-5-10-22-21(27)19-15-20(24-16(2)23-19)26-13-11-25(12-14-26)17-6-8-18(28-3)9-7-17/h6-9,15H,4-5,10-14H2,1-3H3,(H,22,27). The number of nitrogens with one attached hydrogen (secondary N) is 1. The molecule has 0 unspecified atom stereocenters. The van der Waals surface area contributed by atoms with Crippen molar-refractivity contribution in [3.05, 3.63) is 41.9 Å². The van der Waals surface area contributed by atoms with Gasteiger partial charge in [0, 0.05) is 44.5 Å². The van der Waals surface area contributed by atoms with Gasteiger partial charge in [-0.2, -0.15) is 0 Å². The monoisotopic (exact) mass is 383 g/mol. The predicted octanol–water partition coefficient (Wildman–Crippen LogP) is 2.65. The van der Waals surface area contributed by atoms with E-state index in [0.717, 1.165) is 50.6 Å². The number of nitrogens with zero attached hydrogens (tertiary/aromatic N) is 4. The molecule has 28 heavy (non-hydrogen) atoms. The highest BCUT2D eigenvalue weighted by Gasteiger charge is 2.20. The number of rotatable bonds is 7. The number of amides is 1. The number of piperazine rings is 1. The maximum Gasteiger partial charge on any atom is 0.270 e. The molecule has 3 rings (SSSR count). The molecule has 2 aromatic rings. The van der Waals surface area contributed by atoms with Crippen molar-refractivity contribution in [2.75, 3.05) is 49.6 Å². The van der Waals surface area contributed by atoms with E-state index in [-0.39, 0.29) is 5.91 Å². The molecule has 150 valence electrons. The van der Waals surface area contributed by atoms with Gasteiger partial charge in [0.1, 0.15) is 23.1 Å². The normalized spacial score (nSPS) is 14.1. The van der Waals surface area contributed by atoms with Crippen LogP contribution < -0.4 is 19.9 Å². The molecule has 1 aromatic carbocycles. The van der Waals surface area contributed by atoms with E-state index < -0.39 is 0 Å². The first-order chi connectivity index (χ1) is 13.6. The zero-order valence-electron chi connectivity index (χ0n) is 16.9. The highest BCUT2D eigenvalue weighted by molar-refractivity contribution is 5.92. The van der Waals surface area contributed by atoms with Crippen LogP contribution in [0.5, 0.6) is 5.75 Å². The summed E-state index contributed by atoms with van der Waals surface area (Å²) in [6.07, 6.45) is 2.02. The van der Waals surface area contributed by atoms with E-state index in [1.54, 1.807) is 13.2 Å². The number of benzene rings is 1. The van der Waals surface area contributed by atoms with E-state index in [4.69, 9.17) is 4.74 Å². The number of unbranched alkanes of at least 4 members (excludes halogenated alkanes) is 1. The van der Waals surface area contributed by atoms with Crippen LogP contribution in [-0.4, -0.2) is 55.7 Å². The second-order valence-electron chi connectivity index (χ2n) is 6.94. The van der Waals surface area contributed by atoms with Crippen molar-refractivity contribution in [1.29, 1.82) is 0 Å². The van der Waals surface area contributed by atoms with E-state index in [1.165, 1.54) is 5.69 Å². The lowest BCUT2D eigenvalue weighted by atomic mass is 10.2. The molecule has 1 amide bonds. The first kappa shape index (κ1) is 19.9. The molecule has 1 aromatic heterocycles. The Balaban J connectivity index is 1.64. The molecule has 0 atom stereocenters. The summed E-state index contributed by atoms with van der Waals surface area (Å²) >= 11 is 0. The smallest absolute Gasteiger partial charge is 0.270 e. The first-order valence-corrected chi connectivity index (χ1v) is 9.88. The number of hydrogen-bond donors (Lipinski definition) is 1. The van der Waals surface area contributed by atoms with Crippen molar-refractivity contribution in [2.24, 2.45) is 0 Å². The second-order valence-corrected chi connectivity index (χ2v) is 6.94. The van der Waals surface area contributed by atoms with Crippen molar-refractivity contribution in [3.8, 4) is 5.75 Å². The van der Waals surface area contributed by atoms with Crippen LogP contribution in [-0.2, 0) is 0 Å². The highest BCUT2D eigenvalue weighted by atomic mass is 16.5. The van der Waals surface area contributed by atoms with E-state index in [1.807, 2.05) is 19.1 Å². The third kappa shape index (κ3) is 4.91. The van der Waals surface area contributed by atoms with Crippen molar-refractivity contribution in [2.45, 2.75) is 26.7 Å². The van der Waals surface area contributed by atoms with Crippen LogP contribution in [0.2, 0.25) is 0 Å². The summed E-state index contributed by atoms with van der Waals surface area (Å²) in [5.41, 5.74) is 1.63. The average molecular weight is 383 g/mol. The number of anilines is 2. The van der Waals surface area contributed by atoms with Crippen LogP contribution >= 0.6 is 0 Å². The first-order valence-electron chi connectivity index (χ1n) is 9.88. The quantitative estimate of drug-likeness (QED) is 0.741. The fraction of sp³-hybridized carbons (Fsp3) is 0.476. The van der Waals surface area contributed by atoms with E-state index in [9.17, 15) is 4.79 Å². The number of aromatic nitrogens is 2. The van der Waals surface area contributed by atoms with Gasteiger partial charge in [0.15, 0.2) is 0 Å². The molecule has 7 nitrogen and oxygen atoms in total. The minimum atomic E-state index is -0.128. The Morgan fingerprint density at radius 1 is 1.11 bits per heavy atom. The number of methoxy groups -OCH3 is 1. The average Bonchev–Trinajstić information content (AvgIpc) is 2.73. The SMILES string of the molecule is CCCCNC(=O)c1cc(N2CCN(c3ccc(OC)cc3)CC2)nc(C)n1. The van der Waals surface area contributed by atoms with Crippen molar-refractivity contribution >= 4 is 17.4 Å². The molecular weight excluding hydrogens is 354 g/mol. The number of aryl methyl sites for hydroxylation is 1. The second kappa shape index (κ2) is 9.39. The zero-order chi connectivity index (χ0) is 19.9. The molecule has 7 heteroatoms. The fourth-order valence-electron chi connectivity index (χ4n) is 3.29. The van der Waals surface area contributed by atoms with Gasteiger partial charge in [-0.25, -0.2) is 9.97 Å². The molecule has 1 fully saturated rings. The number of carbonyl (C=O) groups excluding carboxylic acids is 1. The Labute approximate surface area is 166 Å². The molecule has 1 saturated heterocycles. The maximum absolute atomic E-state index is 12.4. The Bertz CT molecular complexity index is 786. The van der Waals surface area contributed by atoms with Crippen LogP contribution in [0, 0.1) is 6.92 Å². The Morgan fingerprint density at radius 2 is 1.79 bits per heavy atom. The molecule has 2 heterocycles. The summed E-state index contributed by atoms with van der Waals surface area (Å²) in [6, 6.07) is 9.94. The summed E-state index contributed by atoms with van der Waals surface area (Å²) in [5, 5.41) is 2.93. The lowest BCUT2D eigenvalue weighted by molar-refractivity contribution is 0.0947. The molecule has 0 bridgehead atoms. The third-order valence-corrected chi connectivity index (χ3v) is 4.91. The fourth-order valence-corrected chi connectivity index (χ4v) is 3.29. The summed E-state index contributed by atoms with van der Waals surface area (Å²) in [6.45, 7) is 8.10. The van der Waals surface area contributed by atoms with Crippen LogP contribution in [0.15, 0.2) is 30.3 Å². The van der Waals surface area contributed by atoms with Gasteiger partial charge in [-0.15, -0.1) is 0 Å². The summed E-state index contributed by atoms with van der Waals surface area (Å²) in [4.78, 5) is 25.8. The lowest BCUT2D eigenvalue weighted by Crippen LogP contribution is -2.47. The van der Waals surface area contributed by atoms with Crippen LogP contribution in [0.3, 0.4) is 0 Å². The van der Waals surface area contributed by atoms with Crippen molar-refractivity contribution in [1.82, 2.24) is 15.3 Å². The minimum Gasteiger partial charge on any atom is -0.497 e. The molecule has 1 aliphatic rings. The summed E-state index contributed by atoms with van der Waals surface area (Å²) in [5.74, 6) is 2.18. The topological polar surface area (TPSA) is 70.6 Å². The zero-order valence-corrected chi connectivity index (χ0v) is 16.9. The maximum atomic E-state index is 12.4. The third-order valence-electron chi connectivity index (χ3n) is 4.91. The highest BCUT2D eigenvalue weighted by Crippen LogP contribution is 2.22. The van der Waals surface area contributed by atoms with Gasteiger partial charge < -0.3 is 19.9 Å². The van der Waals surface area contributed by atoms with Gasteiger partial charge in [0.05, 0.1) is 7.11 Å². The molecule has 0 radical (unpaired) electrons. The van der Waals surface area contributed by atoms with E-state index in [0.29, 0.717) is 18.1 Å². The number of carbonyl (C=O) groups is 1. The van der Waals surface area contributed by atoms with Gasteiger partial charge in [-0.05, 0) is 37.6 Å². The van der Waals surface area contributed by atoms with Crippen molar-refractivity contribution < 1.29 is 9.53 Å². The summed E-state index contributed by atoms with van der Waals surface area (Å²) < 4.78 is 5.23. The van der Waals surface area contributed by atoms with Crippen LogP contribution in [0.4, 0.5) is 11.5 Å². The minimum absolute atomic E-state index is 0.128. The van der Waals surface area contributed by atoms with Crippen LogP contribution in [0.1, 0.15) is 36.1 Å². The Morgan fingerprint density at radius 3 is 2.43 bits per heavy atom. The van der Waals surface area contributed by atoms with Gasteiger partial charge in [0.2, 0.25) is 0 Å². The predicted molar refractivity (Wildman–Crippen MR) is 111 cm³/mol. The van der Waals surface area contributed by atoms with Crippen LogP contribution in [0.25, 0.3) is 0 Å². The van der Waals surface area contributed by atoms with Gasteiger partial charge in [-0.3, -0.25) is 4.79 Å². The van der Waals surface area contributed by atoms with Gasteiger partial charge in [-0.1, -0.05) is 13.3 Å². The number of ether oxygens (including phenoxy) is 1. The Kier molecular flexibility index (Phi) is 6.68. The van der Waals surface area contributed by atoms with Crippen molar-refractivity contribution in [3.63, 3.8) is 0 Å². The van der Waals surface area contributed by atoms with Gasteiger partial charge in [0.25, 0.3) is 5.91 Å². The summed E-state index contributed by atoms with van der Waals surface area (Å²) in [7, 11) is 1.68. The largest absolute Gasteiger partial charge is 0.497 e.